The Kier molecular flexibility index (Phi) is 8.55. The highest BCUT2D eigenvalue weighted by Gasteiger charge is 2.28. The van der Waals surface area contributed by atoms with Crippen LogP contribution in [0.5, 0.6) is 11.5 Å². The molecule has 2 rings (SSSR count). The van der Waals surface area contributed by atoms with Gasteiger partial charge in [0.15, 0.2) is 18.1 Å². The van der Waals surface area contributed by atoms with Gasteiger partial charge in [0.05, 0.1) is 13.2 Å². The summed E-state index contributed by atoms with van der Waals surface area (Å²) in [6, 6.07) is 5.55. The summed E-state index contributed by atoms with van der Waals surface area (Å²) in [5.41, 5.74) is 0.768. The zero-order valence-electron chi connectivity index (χ0n) is 18.1. The summed E-state index contributed by atoms with van der Waals surface area (Å²) < 4.78 is 16.1. The minimum absolute atomic E-state index is 0.0335. The molecule has 160 valence electrons. The predicted molar refractivity (Wildman–Crippen MR) is 113 cm³/mol. The van der Waals surface area contributed by atoms with E-state index in [4.69, 9.17) is 14.2 Å². The number of esters is 1. The Balaban J connectivity index is 1.84. The fraction of sp³-hybridized carbons (Fsp3) is 0.565. The fourth-order valence-corrected chi connectivity index (χ4v) is 3.52. The van der Waals surface area contributed by atoms with Crippen LogP contribution >= 0.6 is 0 Å². The van der Waals surface area contributed by atoms with Gasteiger partial charge in [-0.25, -0.2) is 4.79 Å². The van der Waals surface area contributed by atoms with Gasteiger partial charge in [0.1, 0.15) is 0 Å². The molecule has 0 aromatic heterocycles. The minimum Gasteiger partial charge on any atom is -0.493 e. The smallest absolute Gasteiger partial charge is 0.331 e. The summed E-state index contributed by atoms with van der Waals surface area (Å²) in [7, 11) is 1.57. The molecular formula is C23H33NO5. The Labute approximate surface area is 173 Å². The summed E-state index contributed by atoms with van der Waals surface area (Å²) in [6.45, 7) is 7.98. The summed E-state index contributed by atoms with van der Waals surface area (Å²) in [4.78, 5) is 24.1. The van der Waals surface area contributed by atoms with Crippen LogP contribution in [0.4, 0.5) is 0 Å². The molecule has 1 N–H and O–H groups in total. The molecule has 1 amide bonds. The molecule has 1 saturated carbocycles. The van der Waals surface area contributed by atoms with Gasteiger partial charge in [-0.2, -0.15) is 0 Å². The quantitative estimate of drug-likeness (QED) is 0.525. The van der Waals surface area contributed by atoms with Crippen molar-refractivity contribution in [3.05, 3.63) is 29.8 Å². The van der Waals surface area contributed by atoms with Gasteiger partial charge in [-0.05, 0) is 55.9 Å². The van der Waals surface area contributed by atoms with E-state index in [0.29, 0.717) is 23.3 Å². The molecule has 6 heteroatoms. The highest BCUT2D eigenvalue weighted by atomic mass is 16.5. The Morgan fingerprint density at radius 3 is 2.66 bits per heavy atom. The molecular weight excluding hydrogens is 370 g/mol. The lowest BCUT2D eigenvalue weighted by Crippen LogP contribution is -2.45. The molecule has 0 bridgehead atoms. The van der Waals surface area contributed by atoms with Crippen molar-refractivity contribution in [2.24, 2.45) is 11.8 Å². The van der Waals surface area contributed by atoms with Crippen LogP contribution in [0.15, 0.2) is 24.3 Å². The zero-order chi connectivity index (χ0) is 21.4. The van der Waals surface area contributed by atoms with Crippen LogP contribution in [0.3, 0.4) is 0 Å². The van der Waals surface area contributed by atoms with Crippen molar-refractivity contribution in [1.29, 1.82) is 0 Å². The summed E-state index contributed by atoms with van der Waals surface area (Å²) >= 11 is 0. The van der Waals surface area contributed by atoms with Gasteiger partial charge < -0.3 is 19.5 Å². The Bertz CT molecular complexity index is 728. The zero-order valence-corrected chi connectivity index (χ0v) is 18.1. The molecule has 3 atom stereocenters. The second kappa shape index (κ2) is 10.9. The van der Waals surface area contributed by atoms with Crippen molar-refractivity contribution < 1.29 is 23.8 Å². The maximum atomic E-state index is 12.1. The molecule has 0 saturated heterocycles. The number of nitrogens with one attached hydrogen (secondary N) is 1. The molecule has 1 aromatic rings. The van der Waals surface area contributed by atoms with Gasteiger partial charge in [-0.15, -0.1) is 0 Å². The monoisotopic (exact) mass is 403 g/mol. The van der Waals surface area contributed by atoms with Crippen molar-refractivity contribution in [1.82, 2.24) is 5.32 Å². The molecule has 6 nitrogen and oxygen atoms in total. The van der Waals surface area contributed by atoms with E-state index in [2.05, 4.69) is 19.2 Å². The van der Waals surface area contributed by atoms with Gasteiger partial charge in [-0.1, -0.05) is 32.8 Å². The van der Waals surface area contributed by atoms with Gasteiger partial charge in [0.25, 0.3) is 5.91 Å². The van der Waals surface area contributed by atoms with E-state index in [1.54, 1.807) is 25.3 Å². The first-order valence-electron chi connectivity index (χ1n) is 10.3. The van der Waals surface area contributed by atoms with Crippen molar-refractivity contribution in [3.63, 3.8) is 0 Å². The van der Waals surface area contributed by atoms with E-state index in [-0.39, 0.29) is 24.7 Å². The SMILES string of the molecule is COc1cc(/C=C/C(=O)OCC(=O)N[C@@H]2CCC[C@H](C)[C@H]2C)ccc1OC(C)C. The third-order valence-corrected chi connectivity index (χ3v) is 5.36. The standard InChI is InChI=1S/C23H33NO5/c1-15(2)29-20-11-9-18(13-21(20)27-5)10-12-23(26)28-14-22(25)24-19-8-6-7-16(3)17(19)4/h9-13,15-17,19H,6-8,14H2,1-5H3,(H,24,25)/b12-10+/t16-,17+,19+/m0/s1. The van der Waals surface area contributed by atoms with Crippen LogP contribution < -0.4 is 14.8 Å². The van der Waals surface area contributed by atoms with Crippen LogP contribution in [0.2, 0.25) is 0 Å². The highest BCUT2D eigenvalue weighted by molar-refractivity contribution is 5.89. The number of carbonyl (C=O) groups excluding carboxylic acids is 2. The van der Waals surface area contributed by atoms with Crippen molar-refractivity contribution in [2.75, 3.05) is 13.7 Å². The average molecular weight is 404 g/mol. The first kappa shape index (κ1) is 22.8. The Morgan fingerprint density at radius 1 is 1.21 bits per heavy atom. The first-order chi connectivity index (χ1) is 13.8. The summed E-state index contributed by atoms with van der Waals surface area (Å²) in [5.74, 6) is 1.44. The number of rotatable bonds is 8. The fourth-order valence-electron chi connectivity index (χ4n) is 3.52. The molecule has 1 fully saturated rings. The molecule has 1 aliphatic rings. The number of hydrogen-bond donors (Lipinski definition) is 1. The van der Waals surface area contributed by atoms with Crippen molar-refractivity contribution >= 4 is 18.0 Å². The van der Waals surface area contributed by atoms with Crippen LogP contribution in [0, 0.1) is 11.8 Å². The van der Waals surface area contributed by atoms with Crippen LogP contribution in [0.1, 0.15) is 52.5 Å². The van der Waals surface area contributed by atoms with Gasteiger partial charge >= 0.3 is 5.97 Å². The molecule has 0 radical (unpaired) electrons. The maximum Gasteiger partial charge on any atom is 0.331 e. The van der Waals surface area contributed by atoms with E-state index in [9.17, 15) is 9.59 Å². The largest absolute Gasteiger partial charge is 0.493 e. The topological polar surface area (TPSA) is 73.9 Å². The van der Waals surface area contributed by atoms with Gasteiger partial charge in [-0.3, -0.25) is 4.79 Å². The van der Waals surface area contributed by atoms with E-state index < -0.39 is 5.97 Å². The second-order valence-corrected chi connectivity index (χ2v) is 7.96. The summed E-state index contributed by atoms with van der Waals surface area (Å²) in [6.07, 6.45) is 6.24. The first-order valence-corrected chi connectivity index (χ1v) is 10.3. The van der Waals surface area contributed by atoms with Gasteiger partial charge in [0.2, 0.25) is 0 Å². The molecule has 1 aromatic carbocycles. The maximum absolute atomic E-state index is 12.1. The predicted octanol–water partition coefficient (Wildman–Crippen LogP) is 3.98. The van der Waals surface area contributed by atoms with E-state index in [1.165, 1.54) is 12.5 Å². The van der Waals surface area contributed by atoms with E-state index in [0.717, 1.165) is 18.4 Å². The second-order valence-electron chi connectivity index (χ2n) is 7.96. The lowest BCUT2D eigenvalue weighted by atomic mass is 9.78. The van der Waals surface area contributed by atoms with Crippen LogP contribution in [-0.4, -0.2) is 37.7 Å². The van der Waals surface area contributed by atoms with E-state index in [1.807, 2.05) is 19.9 Å². The highest BCUT2D eigenvalue weighted by Crippen LogP contribution is 2.30. The number of ether oxygens (including phenoxy) is 3. The molecule has 29 heavy (non-hydrogen) atoms. The van der Waals surface area contributed by atoms with Crippen molar-refractivity contribution in [3.8, 4) is 11.5 Å². The van der Waals surface area contributed by atoms with E-state index >= 15 is 0 Å². The molecule has 0 heterocycles. The number of amides is 1. The Morgan fingerprint density at radius 2 is 1.97 bits per heavy atom. The number of carbonyl (C=O) groups is 2. The van der Waals surface area contributed by atoms with Crippen molar-refractivity contribution in [2.45, 2.75) is 59.1 Å². The molecule has 0 aliphatic heterocycles. The van der Waals surface area contributed by atoms with Gasteiger partial charge in [0, 0.05) is 12.1 Å². The summed E-state index contributed by atoms with van der Waals surface area (Å²) in [5, 5.41) is 2.99. The third-order valence-electron chi connectivity index (χ3n) is 5.36. The normalized spacial score (nSPS) is 21.8. The third kappa shape index (κ3) is 7.11. The number of hydrogen-bond acceptors (Lipinski definition) is 5. The lowest BCUT2D eigenvalue weighted by Gasteiger charge is -2.34. The lowest BCUT2D eigenvalue weighted by molar-refractivity contribution is -0.144. The minimum atomic E-state index is -0.563. The number of methoxy groups -OCH3 is 1. The molecule has 1 aliphatic carbocycles. The average Bonchev–Trinajstić information content (AvgIpc) is 2.68. The number of benzene rings is 1. The van der Waals surface area contributed by atoms with Crippen LogP contribution in [0.25, 0.3) is 6.08 Å². The molecule has 0 unspecified atom stereocenters. The Hall–Kier alpha value is -2.50. The molecule has 0 spiro atoms. The van der Waals surface area contributed by atoms with Crippen LogP contribution in [-0.2, 0) is 14.3 Å².